The van der Waals surface area contributed by atoms with E-state index >= 15 is 0 Å². The van der Waals surface area contributed by atoms with E-state index in [1.54, 1.807) is 6.07 Å². The highest BCUT2D eigenvalue weighted by Gasteiger charge is 2.13. The summed E-state index contributed by atoms with van der Waals surface area (Å²) in [5.41, 5.74) is 3.56. The molecule has 2 aromatic carbocycles. The van der Waals surface area contributed by atoms with Gasteiger partial charge in [0.2, 0.25) is 0 Å². The fourth-order valence-corrected chi connectivity index (χ4v) is 2.35. The molecule has 0 aliphatic heterocycles. The van der Waals surface area contributed by atoms with Crippen LogP contribution >= 0.6 is 0 Å². The maximum atomic E-state index is 9.97. The minimum absolute atomic E-state index is 0.146. The maximum Gasteiger partial charge on any atom is 0.123 e. The molecule has 0 saturated carbocycles. The molecule has 1 aromatic heterocycles. The number of para-hydroxylation sites is 1. The van der Waals surface area contributed by atoms with Gasteiger partial charge in [-0.1, -0.05) is 18.2 Å². The molecule has 3 rings (SSSR count). The highest BCUT2D eigenvalue weighted by molar-refractivity contribution is 5.98. The van der Waals surface area contributed by atoms with Gasteiger partial charge in [-0.15, -0.1) is 0 Å². The first-order valence-electron chi connectivity index (χ1n) is 5.76. The lowest BCUT2D eigenvalue weighted by Gasteiger charge is -2.05. The molecule has 0 atom stereocenters. The summed E-state index contributed by atoms with van der Waals surface area (Å²) in [5, 5.41) is 20.6. The third kappa shape index (κ3) is 1.52. The molecule has 90 valence electrons. The summed E-state index contributed by atoms with van der Waals surface area (Å²) >= 11 is 0. The van der Waals surface area contributed by atoms with E-state index in [0.717, 1.165) is 22.2 Å². The minimum Gasteiger partial charge on any atom is -0.508 e. The van der Waals surface area contributed by atoms with Crippen LogP contribution in [-0.4, -0.2) is 15.2 Å². The Hall–Kier alpha value is -2.42. The quantitative estimate of drug-likeness (QED) is 0.569. The fourth-order valence-electron chi connectivity index (χ4n) is 2.35. The van der Waals surface area contributed by atoms with Crippen molar-refractivity contribution < 1.29 is 10.2 Å². The number of benzene rings is 2. The predicted molar refractivity (Wildman–Crippen MR) is 71.8 cm³/mol. The Morgan fingerprint density at radius 1 is 1.00 bits per heavy atom. The fraction of sp³-hybridized carbons (Fsp3) is 0.0667. The topological polar surface area (TPSA) is 56.2 Å². The summed E-state index contributed by atoms with van der Waals surface area (Å²) in [6, 6.07) is 12.5. The summed E-state index contributed by atoms with van der Waals surface area (Å²) in [6.45, 7) is 1.96. The van der Waals surface area contributed by atoms with Crippen LogP contribution in [0.5, 0.6) is 11.5 Å². The zero-order chi connectivity index (χ0) is 12.7. The van der Waals surface area contributed by atoms with Gasteiger partial charge in [-0.25, -0.2) is 0 Å². The van der Waals surface area contributed by atoms with Gasteiger partial charge >= 0.3 is 0 Å². The Labute approximate surface area is 104 Å². The Kier molecular flexibility index (Phi) is 2.27. The number of aromatic nitrogens is 1. The number of phenolic OH excluding ortho intramolecular Hbond substituents is 2. The van der Waals surface area contributed by atoms with Crippen LogP contribution in [0.1, 0.15) is 5.69 Å². The average molecular weight is 239 g/mol. The molecule has 3 heteroatoms. The van der Waals surface area contributed by atoms with E-state index in [9.17, 15) is 10.2 Å². The van der Waals surface area contributed by atoms with Crippen molar-refractivity contribution in [1.82, 2.24) is 4.98 Å². The van der Waals surface area contributed by atoms with Gasteiger partial charge in [0.1, 0.15) is 11.5 Å². The SMILES string of the molecule is Cc1[nH]c2ccccc2c1-c1cc(O)ccc1O. The van der Waals surface area contributed by atoms with Crippen LogP contribution in [0.15, 0.2) is 42.5 Å². The minimum atomic E-state index is 0.146. The second-order valence-electron chi connectivity index (χ2n) is 4.37. The molecule has 0 bridgehead atoms. The summed E-state index contributed by atoms with van der Waals surface area (Å²) in [6.07, 6.45) is 0. The number of fused-ring (bicyclic) bond motifs is 1. The molecular formula is C15H13NO2. The van der Waals surface area contributed by atoms with E-state index in [-0.39, 0.29) is 11.5 Å². The molecule has 0 fully saturated rings. The Morgan fingerprint density at radius 3 is 2.61 bits per heavy atom. The molecule has 0 amide bonds. The van der Waals surface area contributed by atoms with Crippen molar-refractivity contribution in [3.05, 3.63) is 48.2 Å². The number of rotatable bonds is 1. The molecule has 0 unspecified atom stereocenters. The number of hydrogen-bond donors (Lipinski definition) is 3. The monoisotopic (exact) mass is 239 g/mol. The van der Waals surface area contributed by atoms with Crippen LogP contribution in [0.4, 0.5) is 0 Å². The third-order valence-corrected chi connectivity index (χ3v) is 3.14. The van der Waals surface area contributed by atoms with Crippen molar-refractivity contribution in [2.75, 3.05) is 0 Å². The van der Waals surface area contributed by atoms with Crippen molar-refractivity contribution in [3.63, 3.8) is 0 Å². The van der Waals surface area contributed by atoms with Crippen LogP contribution in [0.3, 0.4) is 0 Å². The normalized spacial score (nSPS) is 10.9. The second-order valence-corrected chi connectivity index (χ2v) is 4.37. The highest BCUT2D eigenvalue weighted by Crippen LogP contribution is 2.38. The lowest BCUT2D eigenvalue weighted by Crippen LogP contribution is -1.81. The molecule has 3 aromatic rings. The van der Waals surface area contributed by atoms with E-state index in [0.29, 0.717) is 5.56 Å². The van der Waals surface area contributed by atoms with E-state index < -0.39 is 0 Å². The van der Waals surface area contributed by atoms with Crippen molar-refractivity contribution in [2.45, 2.75) is 6.92 Å². The first kappa shape index (κ1) is 10.7. The molecule has 3 N–H and O–H groups in total. The zero-order valence-electron chi connectivity index (χ0n) is 9.94. The van der Waals surface area contributed by atoms with E-state index in [4.69, 9.17) is 0 Å². The summed E-state index contributed by atoms with van der Waals surface area (Å²) in [4.78, 5) is 3.28. The summed E-state index contributed by atoms with van der Waals surface area (Å²) in [7, 11) is 0. The van der Waals surface area contributed by atoms with Gasteiger partial charge in [0, 0.05) is 27.7 Å². The van der Waals surface area contributed by atoms with Gasteiger partial charge in [0.25, 0.3) is 0 Å². The number of H-pyrrole nitrogens is 1. The smallest absolute Gasteiger partial charge is 0.123 e. The molecule has 1 heterocycles. The van der Waals surface area contributed by atoms with E-state index in [1.807, 2.05) is 31.2 Å². The van der Waals surface area contributed by atoms with Crippen LogP contribution in [0.2, 0.25) is 0 Å². The van der Waals surface area contributed by atoms with E-state index in [2.05, 4.69) is 4.98 Å². The molecule has 0 aliphatic rings. The number of aryl methyl sites for hydroxylation is 1. The van der Waals surface area contributed by atoms with Gasteiger partial charge in [-0.2, -0.15) is 0 Å². The third-order valence-electron chi connectivity index (χ3n) is 3.14. The Morgan fingerprint density at radius 2 is 1.78 bits per heavy atom. The largest absolute Gasteiger partial charge is 0.508 e. The molecule has 0 spiro atoms. The van der Waals surface area contributed by atoms with Crippen molar-refractivity contribution in [1.29, 1.82) is 0 Å². The number of aromatic amines is 1. The molecule has 0 saturated heterocycles. The Balaban J connectivity index is 2.37. The van der Waals surface area contributed by atoms with Gasteiger partial charge < -0.3 is 15.2 Å². The first-order chi connectivity index (χ1) is 8.66. The summed E-state index contributed by atoms with van der Waals surface area (Å²) < 4.78 is 0. The van der Waals surface area contributed by atoms with Crippen molar-refractivity contribution >= 4 is 10.9 Å². The number of nitrogens with one attached hydrogen (secondary N) is 1. The second kappa shape index (κ2) is 3.81. The van der Waals surface area contributed by atoms with Crippen molar-refractivity contribution in [2.24, 2.45) is 0 Å². The standard InChI is InChI=1S/C15H13NO2/c1-9-15(11-4-2-3-5-13(11)16-9)12-8-10(17)6-7-14(12)18/h2-8,16-18H,1H3. The average Bonchev–Trinajstić information content (AvgIpc) is 2.68. The van der Waals surface area contributed by atoms with Crippen LogP contribution in [-0.2, 0) is 0 Å². The Bertz CT molecular complexity index is 728. The lowest BCUT2D eigenvalue weighted by molar-refractivity contribution is 0.462. The lowest BCUT2D eigenvalue weighted by atomic mass is 10.0. The molecule has 3 nitrogen and oxygen atoms in total. The zero-order valence-corrected chi connectivity index (χ0v) is 9.94. The number of aromatic hydroxyl groups is 2. The van der Waals surface area contributed by atoms with Crippen LogP contribution < -0.4 is 0 Å². The molecular weight excluding hydrogens is 226 g/mol. The molecule has 0 aliphatic carbocycles. The summed E-state index contributed by atoms with van der Waals surface area (Å²) in [5.74, 6) is 0.313. The van der Waals surface area contributed by atoms with Gasteiger partial charge in [-0.05, 0) is 31.2 Å². The van der Waals surface area contributed by atoms with Crippen molar-refractivity contribution in [3.8, 4) is 22.6 Å². The highest BCUT2D eigenvalue weighted by atomic mass is 16.3. The van der Waals surface area contributed by atoms with E-state index in [1.165, 1.54) is 12.1 Å². The van der Waals surface area contributed by atoms with Crippen LogP contribution in [0, 0.1) is 6.92 Å². The predicted octanol–water partition coefficient (Wildman–Crippen LogP) is 3.55. The number of phenols is 2. The van der Waals surface area contributed by atoms with Crippen LogP contribution in [0.25, 0.3) is 22.0 Å². The molecule has 0 radical (unpaired) electrons. The first-order valence-corrected chi connectivity index (χ1v) is 5.76. The number of hydrogen-bond acceptors (Lipinski definition) is 2. The molecule has 18 heavy (non-hydrogen) atoms. The van der Waals surface area contributed by atoms with Gasteiger partial charge in [0.05, 0.1) is 0 Å². The van der Waals surface area contributed by atoms with Gasteiger partial charge in [-0.3, -0.25) is 0 Å². The maximum absolute atomic E-state index is 9.97. The van der Waals surface area contributed by atoms with Gasteiger partial charge in [0.15, 0.2) is 0 Å².